The molecular formula is C28H35N3OS. The van der Waals surface area contributed by atoms with E-state index < -0.39 is 0 Å². The highest BCUT2D eigenvalue weighted by Gasteiger charge is 2.23. The van der Waals surface area contributed by atoms with Gasteiger partial charge in [0.05, 0.1) is 5.69 Å². The first-order chi connectivity index (χ1) is 16.2. The third-order valence-electron chi connectivity index (χ3n) is 7.10. The molecule has 2 aliphatic heterocycles. The van der Waals surface area contributed by atoms with Crippen LogP contribution in [0.15, 0.2) is 58.5 Å². The number of hydrogen-bond acceptors (Lipinski definition) is 5. The Morgan fingerprint density at radius 2 is 1.91 bits per heavy atom. The lowest BCUT2D eigenvalue weighted by Gasteiger charge is -2.33. The van der Waals surface area contributed by atoms with E-state index in [0.29, 0.717) is 0 Å². The fourth-order valence-corrected chi connectivity index (χ4v) is 6.25. The first-order valence-electron chi connectivity index (χ1n) is 12.3. The first-order valence-corrected chi connectivity index (χ1v) is 13.2. The van der Waals surface area contributed by atoms with Gasteiger partial charge in [-0.2, -0.15) is 0 Å². The molecule has 0 bridgehead atoms. The number of aryl methyl sites for hydroxylation is 1. The Morgan fingerprint density at radius 1 is 1.09 bits per heavy atom. The highest BCUT2D eigenvalue weighted by atomic mass is 32.2. The summed E-state index contributed by atoms with van der Waals surface area (Å²) in [6, 6.07) is 15.1. The molecule has 5 heteroatoms. The average molecular weight is 462 g/mol. The summed E-state index contributed by atoms with van der Waals surface area (Å²) in [6.45, 7) is 4.57. The van der Waals surface area contributed by atoms with Gasteiger partial charge < -0.3 is 14.3 Å². The van der Waals surface area contributed by atoms with Crippen LogP contribution in [0.3, 0.4) is 0 Å². The molecule has 0 amide bonds. The predicted octanol–water partition coefficient (Wildman–Crippen LogP) is 6.22. The second-order valence-electron chi connectivity index (χ2n) is 9.85. The number of hydrogen-bond donors (Lipinski definition) is 0. The van der Waals surface area contributed by atoms with E-state index in [4.69, 9.17) is 4.52 Å². The zero-order valence-corrected chi connectivity index (χ0v) is 20.7. The number of benzene rings is 2. The molecule has 1 aromatic heterocycles. The Balaban J connectivity index is 1.26. The molecule has 3 heterocycles. The van der Waals surface area contributed by atoms with Crippen molar-refractivity contribution in [2.45, 2.75) is 43.9 Å². The second-order valence-corrected chi connectivity index (χ2v) is 11.1. The van der Waals surface area contributed by atoms with Gasteiger partial charge in [-0.1, -0.05) is 47.6 Å². The predicted molar refractivity (Wildman–Crippen MR) is 139 cm³/mol. The molecule has 3 aromatic rings. The van der Waals surface area contributed by atoms with Gasteiger partial charge in [0.2, 0.25) is 0 Å². The van der Waals surface area contributed by atoms with Crippen molar-refractivity contribution in [2.75, 3.05) is 33.7 Å². The molecule has 1 unspecified atom stereocenters. The van der Waals surface area contributed by atoms with Gasteiger partial charge in [0.15, 0.2) is 5.58 Å². The molecule has 174 valence electrons. The summed E-state index contributed by atoms with van der Waals surface area (Å²) in [5.74, 6) is 0.798. The van der Waals surface area contributed by atoms with E-state index in [1.807, 2.05) is 11.8 Å². The van der Waals surface area contributed by atoms with Crippen molar-refractivity contribution < 1.29 is 4.52 Å². The summed E-state index contributed by atoms with van der Waals surface area (Å²) >= 11 is 2.01. The largest absolute Gasteiger partial charge is 0.356 e. The van der Waals surface area contributed by atoms with E-state index in [1.54, 1.807) is 0 Å². The fourth-order valence-electron chi connectivity index (χ4n) is 5.28. The van der Waals surface area contributed by atoms with Crippen molar-refractivity contribution in [2.24, 2.45) is 5.92 Å². The van der Waals surface area contributed by atoms with Gasteiger partial charge in [-0.05, 0) is 87.8 Å². The summed E-state index contributed by atoms with van der Waals surface area (Å²) in [4.78, 5) is 4.88. The zero-order valence-electron chi connectivity index (χ0n) is 19.9. The number of likely N-dealkylation sites (tertiary alicyclic amines) is 1. The van der Waals surface area contributed by atoms with Crippen molar-refractivity contribution in [3.63, 3.8) is 0 Å². The van der Waals surface area contributed by atoms with Gasteiger partial charge in [-0.25, -0.2) is 0 Å². The van der Waals surface area contributed by atoms with Crippen LogP contribution in [0, 0.1) is 5.92 Å². The third kappa shape index (κ3) is 5.37. The molecule has 0 radical (unpaired) electrons. The van der Waals surface area contributed by atoms with Crippen molar-refractivity contribution in [1.82, 2.24) is 15.0 Å². The van der Waals surface area contributed by atoms with Gasteiger partial charge in [0, 0.05) is 29.3 Å². The molecule has 0 N–H and O–H groups in total. The van der Waals surface area contributed by atoms with Crippen LogP contribution in [-0.4, -0.2) is 53.9 Å². The van der Waals surface area contributed by atoms with Gasteiger partial charge in [0.1, 0.15) is 0 Å². The second kappa shape index (κ2) is 10.5. The molecule has 1 fully saturated rings. The summed E-state index contributed by atoms with van der Waals surface area (Å²) < 4.78 is 5.98. The summed E-state index contributed by atoms with van der Waals surface area (Å²) in [6.07, 6.45) is 8.39. The maximum absolute atomic E-state index is 5.98. The van der Waals surface area contributed by atoms with Gasteiger partial charge in [-0.3, -0.25) is 0 Å². The molecule has 0 aliphatic carbocycles. The van der Waals surface area contributed by atoms with Crippen LogP contribution in [0.4, 0.5) is 0 Å². The molecule has 1 atom stereocenters. The highest BCUT2D eigenvalue weighted by Crippen LogP contribution is 2.34. The van der Waals surface area contributed by atoms with Crippen LogP contribution < -0.4 is 0 Å². The van der Waals surface area contributed by atoms with E-state index >= 15 is 0 Å². The minimum atomic E-state index is 0.778. The number of aromatic nitrogens is 1. The molecular weight excluding hydrogens is 426 g/mol. The normalized spacial score (nSPS) is 19.8. The molecule has 0 spiro atoms. The van der Waals surface area contributed by atoms with E-state index in [1.165, 1.54) is 67.4 Å². The van der Waals surface area contributed by atoms with Gasteiger partial charge >= 0.3 is 0 Å². The number of allylic oxidation sites excluding steroid dienone is 1. The van der Waals surface area contributed by atoms with Crippen molar-refractivity contribution in [1.29, 1.82) is 0 Å². The maximum Gasteiger partial charge on any atom is 0.172 e. The Bertz CT molecular complexity index is 1080. The van der Waals surface area contributed by atoms with Crippen LogP contribution >= 0.6 is 11.8 Å². The average Bonchev–Trinajstić information content (AvgIpc) is 3.49. The molecule has 4 nitrogen and oxygen atoms in total. The molecule has 0 saturated carbocycles. The molecule has 1 saturated heterocycles. The topological polar surface area (TPSA) is 32.5 Å². The summed E-state index contributed by atoms with van der Waals surface area (Å²) in [7, 11) is 4.22. The first kappa shape index (κ1) is 22.7. The molecule has 5 rings (SSSR count). The summed E-state index contributed by atoms with van der Waals surface area (Å²) in [5, 5.41) is 8.79. The lowest BCUT2D eigenvalue weighted by molar-refractivity contribution is 0.180. The van der Waals surface area contributed by atoms with Crippen LogP contribution in [0.2, 0.25) is 0 Å². The van der Waals surface area contributed by atoms with Crippen LogP contribution in [0.25, 0.3) is 22.1 Å². The van der Waals surface area contributed by atoms with Gasteiger partial charge in [-0.15, -0.1) is 11.8 Å². The third-order valence-corrected chi connectivity index (χ3v) is 8.18. The highest BCUT2D eigenvalue weighted by molar-refractivity contribution is 8.03. The maximum atomic E-state index is 5.98. The number of rotatable bonds is 8. The Hall–Kier alpha value is -2.08. The summed E-state index contributed by atoms with van der Waals surface area (Å²) in [5.41, 5.74) is 5.78. The Labute approximate surface area is 202 Å². The molecule has 2 aromatic carbocycles. The zero-order chi connectivity index (χ0) is 22.6. The van der Waals surface area contributed by atoms with Crippen molar-refractivity contribution in [3.05, 3.63) is 65.2 Å². The number of nitrogens with zero attached hydrogens (tertiary/aromatic N) is 3. The number of piperidine rings is 1. The minimum absolute atomic E-state index is 0.778. The fraction of sp³-hybridized carbons (Fsp3) is 0.464. The monoisotopic (exact) mass is 461 g/mol. The van der Waals surface area contributed by atoms with Crippen molar-refractivity contribution >= 4 is 22.7 Å². The molecule has 2 aliphatic rings. The Morgan fingerprint density at radius 3 is 2.64 bits per heavy atom. The van der Waals surface area contributed by atoms with Crippen LogP contribution in [-0.2, 0) is 13.0 Å². The number of thioether (sulfide) groups is 1. The van der Waals surface area contributed by atoms with Gasteiger partial charge in [0.25, 0.3) is 0 Å². The Kier molecular flexibility index (Phi) is 7.19. The quantitative estimate of drug-likeness (QED) is 0.398. The number of fused-ring (bicyclic) bond motifs is 1. The smallest absolute Gasteiger partial charge is 0.172 e. The van der Waals surface area contributed by atoms with E-state index in [0.717, 1.165) is 35.4 Å². The van der Waals surface area contributed by atoms with E-state index in [9.17, 15) is 0 Å². The van der Waals surface area contributed by atoms with E-state index in [2.05, 4.69) is 83.0 Å². The van der Waals surface area contributed by atoms with Crippen LogP contribution in [0.1, 0.15) is 36.9 Å². The molecule has 33 heavy (non-hydrogen) atoms. The SMILES string of the molecule is CN(C)Cc1c(-c2ccccc2)ccc2c(CCC3CCN(CC4CC=CS4)CC3)noc12. The van der Waals surface area contributed by atoms with Crippen LogP contribution in [0.5, 0.6) is 0 Å². The standard InChI is InChI=1S/C28H35N3OS/c1-30(2)20-26-24(22-7-4-3-5-8-22)11-12-25-27(29-32-28(25)26)13-10-21-14-16-31(17-15-21)19-23-9-6-18-33-23/h3-8,11-12,18,21,23H,9-10,13-17,19-20H2,1-2H3. The van der Waals surface area contributed by atoms with E-state index in [-0.39, 0.29) is 0 Å². The van der Waals surface area contributed by atoms with Crippen molar-refractivity contribution in [3.8, 4) is 11.1 Å². The lowest BCUT2D eigenvalue weighted by atomic mass is 9.90. The lowest BCUT2D eigenvalue weighted by Crippen LogP contribution is -2.37. The minimum Gasteiger partial charge on any atom is -0.356 e.